The van der Waals surface area contributed by atoms with Crippen LogP contribution in [0, 0.1) is 6.92 Å². The number of ether oxygens (including phenoxy) is 1. The molecular formula is C22H23N3O3S. The van der Waals surface area contributed by atoms with Crippen LogP contribution >= 0.6 is 11.3 Å². The smallest absolute Gasteiger partial charge is 0.312 e. The molecule has 1 heterocycles. The van der Waals surface area contributed by atoms with E-state index in [0.29, 0.717) is 11.4 Å². The van der Waals surface area contributed by atoms with Crippen molar-refractivity contribution >= 4 is 34.6 Å². The molecule has 1 amide bonds. The van der Waals surface area contributed by atoms with Crippen molar-refractivity contribution in [1.29, 1.82) is 0 Å². The second-order valence-corrected chi connectivity index (χ2v) is 7.70. The van der Waals surface area contributed by atoms with E-state index in [1.54, 1.807) is 12.1 Å². The number of amides is 1. The van der Waals surface area contributed by atoms with Gasteiger partial charge in [0.2, 0.25) is 0 Å². The SMILES string of the molecule is Cc1cccc(-c2nc(CC(=O)OCC(=O)Nc3ccc(N(C)C)cc3)cs2)c1. The number of nitrogens with zero attached hydrogens (tertiary/aromatic N) is 2. The van der Waals surface area contributed by atoms with Gasteiger partial charge in [0.15, 0.2) is 6.61 Å². The molecule has 0 fully saturated rings. The van der Waals surface area contributed by atoms with Gasteiger partial charge in [0.25, 0.3) is 5.91 Å². The van der Waals surface area contributed by atoms with E-state index in [-0.39, 0.29) is 18.9 Å². The highest BCUT2D eigenvalue weighted by molar-refractivity contribution is 7.13. The lowest BCUT2D eigenvalue weighted by Crippen LogP contribution is -2.21. The summed E-state index contributed by atoms with van der Waals surface area (Å²) in [5, 5.41) is 5.41. The van der Waals surface area contributed by atoms with Gasteiger partial charge in [0.05, 0.1) is 12.1 Å². The van der Waals surface area contributed by atoms with Gasteiger partial charge >= 0.3 is 5.97 Å². The number of carbonyl (C=O) groups excluding carboxylic acids is 2. The van der Waals surface area contributed by atoms with Crippen LogP contribution in [0.1, 0.15) is 11.3 Å². The fourth-order valence-electron chi connectivity index (χ4n) is 2.68. The lowest BCUT2D eigenvalue weighted by atomic mass is 10.1. The molecular weight excluding hydrogens is 386 g/mol. The Bertz CT molecular complexity index is 997. The van der Waals surface area contributed by atoms with Crippen molar-refractivity contribution in [3.63, 3.8) is 0 Å². The van der Waals surface area contributed by atoms with Gasteiger partial charge in [0.1, 0.15) is 5.01 Å². The van der Waals surface area contributed by atoms with E-state index in [0.717, 1.165) is 21.8 Å². The van der Waals surface area contributed by atoms with Crippen LogP contribution in [0.4, 0.5) is 11.4 Å². The summed E-state index contributed by atoms with van der Waals surface area (Å²) in [5.41, 5.74) is 4.49. The van der Waals surface area contributed by atoms with Crippen LogP contribution in [-0.4, -0.2) is 37.6 Å². The summed E-state index contributed by atoms with van der Waals surface area (Å²) < 4.78 is 5.08. The number of esters is 1. The van der Waals surface area contributed by atoms with Crippen LogP contribution in [0.2, 0.25) is 0 Å². The van der Waals surface area contributed by atoms with E-state index in [1.165, 1.54) is 11.3 Å². The maximum atomic E-state index is 12.0. The topological polar surface area (TPSA) is 71.5 Å². The van der Waals surface area contributed by atoms with E-state index >= 15 is 0 Å². The number of aromatic nitrogens is 1. The highest BCUT2D eigenvalue weighted by Crippen LogP contribution is 2.24. The number of hydrogen-bond acceptors (Lipinski definition) is 6. The third kappa shape index (κ3) is 5.89. The van der Waals surface area contributed by atoms with Crippen LogP contribution in [0.25, 0.3) is 10.6 Å². The second-order valence-electron chi connectivity index (χ2n) is 6.84. The van der Waals surface area contributed by atoms with Gasteiger partial charge in [-0.05, 0) is 37.3 Å². The van der Waals surface area contributed by atoms with Crippen molar-refractivity contribution in [2.45, 2.75) is 13.3 Å². The average Bonchev–Trinajstić information content (AvgIpc) is 3.15. The molecule has 0 unspecified atom stereocenters. The van der Waals surface area contributed by atoms with Crippen molar-refractivity contribution < 1.29 is 14.3 Å². The van der Waals surface area contributed by atoms with Gasteiger partial charge in [0, 0.05) is 36.4 Å². The van der Waals surface area contributed by atoms with Gasteiger partial charge in [-0.3, -0.25) is 9.59 Å². The van der Waals surface area contributed by atoms with Gasteiger partial charge < -0.3 is 15.0 Å². The van der Waals surface area contributed by atoms with Crippen LogP contribution in [-0.2, 0) is 20.7 Å². The molecule has 0 saturated carbocycles. The number of hydrogen-bond donors (Lipinski definition) is 1. The summed E-state index contributed by atoms with van der Waals surface area (Å²) in [5.74, 6) is -0.862. The van der Waals surface area contributed by atoms with Crippen LogP contribution < -0.4 is 10.2 Å². The van der Waals surface area contributed by atoms with E-state index in [1.807, 2.05) is 61.6 Å². The standard InChI is InChI=1S/C22H23N3O3S/c1-15-5-4-6-16(11-15)22-24-18(14-29-22)12-21(27)28-13-20(26)23-17-7-9-19(10-8-17)25(2)3/h4-11,14H,12-13H2,1-3H3,(H,23,26). The molecule has 0 atom stereocenters. The predicted molar refractivity (Wildman–Crippen MR) is 116 cm³/mol. The Labute approximate surface area is 174 Å². The number of carbonyl (C=O) groups is 2. The first kappa shape index (κ1) is 20.5. The molecule has 2 aromatic carbocycles. The number of thiazole rings is 1. The molecule has 0 spiro atoms. The highest BCUT2D eigenvalue weighted by Gasteiger charge is 2.12. The minimum absolute atomic E-state index is 0.0348. The van der Waals surface area contributed by atoms with Crippen LogP contribution in [0.3, 0.4) is 0 Å². The van der Waals surface area contributed by atoms with E-state index < -0.39 is 5.97 Å². The number of nitrogens with one attached hydrogen (secondary N) is 1. The first-order valence-electron chi connectivity index (χ1n) is 9.15. The van der Waals surface area contributed by atoms with Gasteiger partial charge in [-0.2, -0.15) is 0 Å². The molecule has 29 heavy (non-hydrogen) atoms. The molecule has 3 aromatic rings. The minimum atomic E-state index is -0.482. The average molecular weight is 410 g/mol. The number of rotatable bonds is 7. The van der Waals surface area contributed by atoms with Crippen LogP contribution in [0.5, 0.6) is 0 Å². The number of aryl methyl sites for hydroxylation is 1. The first-order valence-corrected chi connectivity index (χ1v) is 10.0. The van der Waals surface area contributed by atoms with Crippen molar-refractivity contribution in [3.8, 4) is 10.6 Å². The van der Waals surface area contributed by atoms with Crippen molar-refractivity contribution in [2.24, 2.45) is 0 Å². The zero-order chi connectivity index (χ0) is 20.8. The molecule has 0 aliphatic heterocycles. The Morgan fingerprint density at radius 3 is 2.59 bits per heavy atom. The van der Waals surface area contributed by atoms with E-state index in [2.05, 4.69) is 16.4 Å². The number of benzene rings is 2. The summed E-state index contributed by atoms with van der Waals surface area (Å²) in [4.78, 5) is 30.5. The Morgan fingerprint density at radius 1 is 1.14 bits per heavy atom. The predicted octanol–water partition coefficient (Wildman–Crippen LogP) is 3.91. The van der Waals surface area contributed by atoms with Crippen molar-refractivity contribution in [2.75, 3.05) is 30.9 Å². The fourth-order valence-corrected chi connectivity index (χ4v) is 3.50. The largest absolute Gasteiger partial charge is 0.455 e. The van der Waals surface area contributed by atoms with Gasteiger partial charge in [-0.1, -0.05) is 23.8 Å². The maximum Gasteiger partial charge on any atom is 0.312 e. The van der Waals surface area contributed by atoms with Crippen LogP contribution in [0.15, 0.2) is 53.9 Å². The summed E-state index contributed by atoms with van der Waals surface area (Å²) in [6.07, 6.45) is 0.0348. The molecule has 0 aliphatic carbocycles. The summed E-state index contributed by atoms with van der Waals surface area (Å²) >= 11 is 1.48. The maximum absolute atomic E-state index is 12.0. The zero-order valence-corrected chi connectivity index (χ0v) is 17.5. The van der Waals surface area contributed by atoms with Crippen molar-refractivity contribution in [1.82, 2.24) is 4.98 Å². The molecule has 6 nitrogen and oxygen atoms in total. The fraction of sp³-hybridized carbons (Fsp3) is 0.227. The Kier molecular flexibility index (Phi) is 6.61. The molecule has 0 aliphatic rings. The zero-order valence-electron chi connectivity index (χ0n) is 16.6. The highest BCUT2D eigenvalue weighted by atomic mass is 32.1. The quantitative estimate of drug-likeness (QED) is 0.599. The number of anilines is 2. The van der Waals surface area contributed by atoms with Crippen molar-refractivity contribution in [3.05, 3.63) is 65.2 Å². The molecule has 0 bridgehead atoms. The van der Waals surface area contributed by atoms with Gasteiger partial charge in [-0.25, -0.2) is 4.98 Å². The summed E-state index contributed by atoms with van der Waals surface area (Å²) in [6, 6.07) is 15.4. The summed E-state index contributed by atoms with van der Waals surface area (Å²) in [7, 11) is 3.89. The van der Waals surface area contributed by atoms with Gasteiger partial charge in [-0.15, -0.1) is 11.3 Å². The first-order chi connectivity index (χ1) is 13.9. The molecule has 3 rings (SSSR count). The lowest BCUT2D eigenvalue weighted by Gasteiger charge is -2.13. The Balaban J connectivity index is 1.48. The lowest BCUT2D eigenvalue weighted by molar-refractivity contribution is -0.146. The molecule has 7 heteroatoms. The molecule has 0 radical (unpaired) electrons. The van der Waals surface area contributed by atoms with E-state index in [4.69, 9.17) is 4.74 Å². The molecule has 150 valence electrons. The second kappa shape index (κ2) is 9.34. The third-order valence-electron chi connectivity index (χ3n) is 4.17. The molecule has 1 N–H and O–H groups in total. The molecule has 0 saturated heterocycles. The van der Waals surface area contributed by atoms with E-state index in [9.17, 15) is 9.59 Å². The normalized spacial score (nSPS) is 10.4. The Hall–Kier alpha value is -3.19. The molecule has 1 aromatic heterocycles. The third-order valence-corrected chi connectivity index (χ3v) is 5.11. The summed E-state index contributed by atoms with van der Waals surface area (Å²) in [6.45, 7) is 1.69. The Morgan fingerprint density at radius 2 is 1.90 bits per heavy atom. The monoisotopic (exact) mass is 409 g/mol. The minimum Gasteiger partial charge on any atom is -0.455 e.